The van der Waals surface area contributed by atoms with Crippen LogP contribution in [0.15, 0.2) is 41.4 Å². The normalized spacial score (nSPS) is 17.5. The number of benzene rings is 2. The molecule has 2 aromatic carbocycles. The molecular formula is C21H21Cl2N3O3S. The molecule has 9 heteroatoms. The number of amides is 2. The smallest absolute Gasteiger partial charge is 0.242 e. The maximum Gasteiger partial charge on any atom is 0.242 e. The number of halogens is 2. The van der Waals surface area contributed by atoms with Gasteiger partial charge in [-0.2, -0.15) is 0 Å². The third kappa shape index (κ3) is 5.09. The SMILES string of the molecule is CCN1C(=O)C(CC(=O)Nc2cc(Cl)ccc2C)SC1=Nc1cc(Cl)ccc1OC. The number of carbonyl (C=O) groups is 2. The van der Waals surface area contributed by atoms with E-state index in [1.165, 1.54) is 11.8 Å². The number of thioether (sulfide) groups is 1. The number of aliphatic imine (C=N–C) groups is 1. The van der Waals surface area contributed by atoms with Crippen LogP contribution < -0.4 is 10.1 Å². The predicted octanol–water partition coefficient (Wildman–Crippen LogP) is 5.29. The van der Waals surface area contributed by atoms with Crippen molar-refractivity contribution in [3.05, 3.63) is 52.0 Å². The Balaban J connectivity index is 1.78. The third-order valence-electron chi connectivity index (χ3n) is 4.54. The molecule has 1 heterocycles. The Morgan fingerprint density at radius 3 is 2.63 bits per heavy atom. The summed E-state index contributed by atoms with van der Waals surface area (Å²) in [7, 11) is 1.54. The first kappa shape index (κ1) is 22.5. The van der Waals surface area contributed by atoms with Gasteiger partial charge in [0.1, 0.15) is 16.7 Å². The Kier molecular flexibility index (Phi) is 7.28. The van der Waals surface area contributed by atoms with Crippen LogP contribution in [0.25, 0.3) is 0 Å². The molecule has 1 fully saturated rings. The molecule has 1 aliphatic rings. The zero-order valence-electron chi connectivity index (χ0n) is 16.7. The highest BCUT2D eigenvalue weighted by molar-refractivity contribution is 8.15. The summed E-state index contributed by atoms with van der Waals surface area (Å²) in [5.41, 5.74) is 2.05. The zero-order chi connectivity index (χ0) is 21.8. The van der Waals surface area contributed by atoms with Crippen molar-refractivity contribution in [1.82, 2.24) is 4.90 Å². The minimum atomic E-state index is -0.562. The van der Waals surface area contributed by atoms with Crippen molar-refractivity contribution in [2.45, 2.75) is 25.5 Å². The number of rotatable bonds is 6. The van der Waals surface area contributed by atoms with E-state index in [-0.39, 0.29) is 18.2 Å². The number of ether oxygens (including phenoxy) is 1. The van der Waals surface area contributed by atoms with Crippen LogP contribution in [0.2, 0.25) is 10.0 Å². The average Bonchev–Trinajstić information content (AvgIpc) is 2.99. The van der Waals surface area contributed by atoms with E-state index in [0.717, 1.165) is 5.56 Å². The van der Waals surface area contributed by atoms with Crippen molar-refractivity contribution in [3.8, 4) is 5.75 Å². The van der Waals surface area contributed by atoms with E-state index in [4.69, 9.17) is 27.9 Å². The van der Waals surface area contributed by atoms with Gasteiger partial charge in [-0.25, -0.2) is 4.99 Å². The zero-order valence-corrected chi connectivity index (χ0v) is 19.1. The average molecular weight is 466 g/mol. The van der Waals surface area contributed by atoms with Gasteiger partial charge in [-0.3, -0.25) is 14.5 Å². The Labute approximate surface area is 189 Å². The second-order valence-corrected chi connectivity index (χ2v) is 8.65. The predicted molar refractivity (Wildman–Crippen MR) is 123 cm³/mol. The second kappa shape index (κ2) is 9.73. The van der Waals surface area contributed by atoms with Crippen molar-refractivity contribution in [2.75, 3.05) is 19.0 Å². The van der Waals surface area contributed by atoms with Gasteiger partial charge >= 0.3 is 0 Å². The molecule has 2 amide bonds. The molecule has 0 spiro atoms. The lowest BCUT2D eigenvalue weighted by Gasteiger charge is -2.14. The number of aryl methyl sites for hydroxylation is 1. The molecule has 0 aliphatic carbocycles. The van der Waals surface area contributed by atoms with E-state index in [9.17, 15) is 9.59 Å². The summed E-state index contributed by atoms with van der Waals surface area (Å²) in [5, 5.41) is 3.83. The molecule has 2 aromatic rings. The molecule has 0 saturated carbocycles. The molecule has 6 nitrogen and oxygen atoms in total. The van der Waals surface area contributed by atoms with E-state index in [1.807, 2.05) is 19.9 Å². The molecule has 3 rings (SSSR count). The van der Waals surface area contributed by atoms with Crippen molar-refractivity contribution in [2.24, 2.45) is 4.99 Å². The van der Waals surface area contributed by atoms with Crippen LogP contribution in [0.1, 0.15) is 18.9 Å². The summed E-state index contributed by atoms with van der Waals surface area (Å²) < 4.78 is 5.33. The first-order valence-corrected chi connectivity index (χ1v) is 10.9. The highest BCUT2D eigenvalue weighted by Gasteiger charge is 2.38. The van der Waals surface area contributed by atoms with Gasteiger partial charge in [0, 0.05) is 28.7 Å². The van der Waals surface area contributed by atoms with Crippen molar-refractivity contribution in [3.63, 3.8) is 0 Å². The van der Waals surface area contributed by atoms with Gasteiger partial charge in [0.15, 0.2) is 5.17 Å². The lowest BCUT2D eigenvalue weighted by molar-refractivity contribution is -0.128. The van der Waals surface area contributed by atoms with Crippen LogP contribution in [0.4, 0.5) is 11.4 Å². The fourth-order valence-corrected chi connectivity index (χ4v) is 4.52. The number of nitrogens with one attached hydrogen (secondary N) is 1. The maximum absolute atomic E-state index is 12.8. The molecule has 0 radical (unpaired) electrons. The fraction of sp³-hybridized carbons (Fsp3) is 0.286. The Morgan fingerprint density at radius 2 is 1.93 bits per heavy atom. The molecule has 0 aromatic heterocycles. The van der Waals surface area contributed by atoms with Gasteiger partial charge < -0.3 is 10.1 Å². The second-order valence-electron chi connectivity index (χ2n) is 6.61. The first-order valence-electron chi connectivity index (χ1n) is 9.28. The monoisotopic (exact) mass is 465 g/mol. The standard InChI is InChI=1S/C21H21Cl2N3O3S/c1-4-26-20(28)18(11-19(27)24-15-9-13(22)6-5-12(15)2)30-21(26)25-16-10-14(23)7-8-17(16)29-3/h5-10,18H,4,11H2,1-3H3,(H,24,27). The summed E-state index contributed by atoms with van der Waals surface area (Å²) in [6.07, 6.45) is 0.0255. The Morgan fingerprint density at radius 1 is 1.23 bits per heavy atom. The van der Waals surface area contributed by atoms with Gasteiger partial charge in [-0.15, -0.1) is 0 Å². The molecule has 158 valence electrons. The van der Waals surface area contributed by atoms with Crippen LogP contribution in [-0.2, 0) is 9.59 Å². The van der Waals surface area contributed by atoms with E-state index < -0.39 is 5.25 Å². The lowest BCUT2D eigenvalue weighted by atomic mass is 10.2. The Bertz CT molecular complexity index is 1010. The van der Waals surface area contributed by atoms with E-state index >= 15 is 0 Å². The van der Waals surface area contributed by atoms with Gasteiger partial charge in [-0.05, 0) is 49.7 Å². The molecule has 1 aliphatic heterocycles. The molecule has 1 unspecified atom stereocenters. The number of hydrogen-bond donors (Lipinski definition) is 1. The maximum atomic E-state index is 12.8. The van der Waals surface area contributed by atoms with E-state index in [2.05, 4.69) is 10.3 Å². The molecule has 1 atom stereocenters. The van der Waals surface area contributed by atoms with Crippen molar-refractivity contribution in [1.29, 1.82) is 0 Å². The van der Waals surface area contributed by atoms with Gasteiger partial charge in [0.2, 0.25) is 11.8 Å². The fourth-order valence-electron chi connectivity index (χ4n) is 2.97. The van der Waals surface area contributed by atoms with Gasteiger partial charge in [0.05, 0.1) is 7.11 Å². The number of carbonyl (C=O) groups excluding carboxylic acids is 2. The molecule has 0 bridgehead atoms. The lowest BCUT2D eigenvalue weighted by Crippen LogP contribution is -2.33. The highest BCUT2D eigenvalue weighted by Crippen LogP contribution is 2.36. The summed E-state index contributed by atoms with van der Waals surface area (Å²) in [4.78, 5) is 31.5. The molecule has 1 saturated heterocycles. The third-order valence-corrected chi connectivity index (χ3v) is 6.18. The van der Waals surface area contributed by atoms with Crippen molar-refractivity contribution < 1.29 is 14.3 Å². The summed E-state index contributed by atoms with van der Waals surface area (Å²) in [5.74, 6) is 0.137. The van der Waals surface area contributed by atoms with Crippen molar-refractivity contribution >= 4 is 63.3 Å². The highest BCUT2D eigenvalue weighted by atomic mass is 35.5. The summed E-state index contributed by atoms with van der Waals surface area (Å²) >= 11 is 13.4. The molecular weight excluding hydrogens is 445 g/mol. The quantitative estimate of drug-likeness (QED) is 0.628. The summed E-state index contributed by atoms with van der Waals surface area (Å²) in [6.45, 7) is 4.18. The first-order chi connectivity index (χ1) is 14.3. The summed E-state index contributed by atoms with van der Waals surface area (Å²) in [6, 6.07) is 10.4. The van der Waals surface area contributed by atoms with Crippen LogP contribution in [0.5, 0.6) is 5.75 Å². The number of nitrogens with zero attached hydrogens (tertiary/aromatic N) is 2. The number of methoxy groups -OCH3 is 1. The minimum Gasteiger partial charge on any atom is -0.494 e. The Hall–Kier alpha value is -2.22. The molecule has 30 heavy (non-hydrogen) atoms. The van der Waals surface area contributed by atoms with Gasteiger partial charge in [0.25, 0.3) is 0 Å². The molecule has 1 N–H and O–H groups in total. The van der Waals surface area contributed by atoms with Gasteiger partial charge in [-0.1, -0.05) is 41.0 Å². The van der Waals surface area contributed by atoms with Crippen LogP contribution in [-0.4, -0.2) is 40.8 Å². The largest absolute Gasteiger partial charge is 0.494 e. The minimum absolute atomic E-state index is 0.0255. The topological polar surface area (TPSA) is 71.0 Å². The number of hydrogen-bond acceptors (Lipinski definition) is 5. The van der Waals surface area contributed by atoms with Crippen LogP contribution >= 0.6 is 35.0 Å². The van der Waals surface area contributed by atoms with Crippen LogP contribution in [0, 0.1) is 6.92 Å². The van der Waals surface area contributed by atoms with Crippen LogP contribution in [0.3, 0.4) is 0 Å². The van der Waals surface area contributed by atoms with E-state index in [0.29, 0.717) is 38.9 Å². The number of anilines is 1. The van der Waals surface area contributed by atoms with E-state index in [1.54, 1.807) is 42.3 Å². The number of amidine groups is 1.